The fraction of sp³-hybridized carbons (Fsp3) is 0.333. The third-order valence-electron chi connectivity index (χ3n) is 4.15. The Morgan fingerprint density at radius 1 is 1.10 bits per heavy atom. The summed E-state index contributed by atoms with van der Waals surface area (Å²) < 4.78 is 5.42. The third-order valence-corrected chi connectivity index (χ3v) is 4.15. The minimum atomic E-state index is -0.548. The predicted octanol–water partition coefficient (Wildman–Crippen LogP) is 3.31. The molecule has 3 nitrogen and oxygen atoms in total. The highest BCUT2D eigenvalue weighted by molar-refractivity contribution is 5.61. The summed E-state index contributed by atoms with van der Waals surface area (Å²) in [5.41, 5.74) is 4.73. The van der Waals surface area contributed by atoms with E-state index in [0.29, 0.717) is 0 Å². The zero-order chi connectivity index (χ0) is 14.8. The number of ether oxygens (including phenoxy) is 1. The van der Waals surface area contributed by atoms with E-state index in [2.05, 4.69) is 35.2 Å². The van der Waals surface area contributed by atoms with E-state index in [1.807, 2.05) is 12.1 Å². The van der Waals surface area contributed by atoms with Crippen molar-refractivity contribution >= 4 is 5.69 Å². The molecule has 1 aliphatic heterocycles. The lowest BCUT2D eigenvalue weighted by Gasteiger charge is -2.33. The molecule has 3 rings (SSSR count). The topological polar surface area (TPSA) is 32.7 Å². The monoisotopic (exact) mass is 283 g/mol. The minimum absolute atomic E-state index is 0.548. The highest BCUT2D eigenvalue weighted by Crippen LogP contribution is 2.36. The summed E-state index contributed by atoms with van der Waals surface area (Å²) in [7, 11) is 1.65. The second-order valence-corrected chi connectivity index (χ2v) is 5.51. The van der Waals surface area contributed by atoms with Crippen LogP contribution < -0.4 is 9.64 Å². The van der Waals surface area contributed by atoms with Gasteiger partial charge >= 0.3 is 0 Å². The number of benzene rings is 2. The van der Waals surface area contributed by atoms with Gasteiger partial charge in [0.05, 0.1) is 13.2 Å². The van der Waals surface area contributed by atoms with Crippen LogP contribution in [0.3, 0.4) is 0 Å². The van der Waals surface area contributed by atoms with Crippen LogP contribution in [0.15, 0.2) is 42.5 Å². The van der Waals surface area contributed by atoms with Gasteiger partial charge in [0, 0.05) is 24.3 Å². The number of nitrogens with zero attached hydrogens (tertiary/aromatic N) is 1. The fourth-order valence-electron chi connectivity index (χ4n) is 3.11. The molecule has 2 aromatic carbocycles. The number of aliphatic hydroxyl groups is 1. The molecular weight excluding hydrogens is 262 g/mol. The van der Waals surface area contributed by atoms with Gasteiger partial charge in [-0.2, -0.15) is 0 Å². The lowest BCUT2D eigenvalue weighted by Crippen LogP contribution is -2.31. The van der Waals surface area contributed by atoms with Crippen molar-refractivity contribution in [3.8, 4) is 5.75 Å². The number of methoxy groups -OCH3 is 1. The summed E-state index contributed by atoms with van der Waals surface area (Å²) in [5.74, 6) is 0.751. The van der Waals surface area contributed by atoms with Crippen LogP contribution in [-0.4, -0.2) is 18.8 Å². The summed E-state index contributed by atoms with van der Waals surface area (Å²) >= 11 is 0. The number of anilines is 1. The van der Waals surface area contributed by atoms with E-state index >= 15 is 0 Å². The Labute approximate surface area is 125 Å². The molecule has 0 bridgehead atoms. The molecule has 0 saturated carbocycles. The highest BCUT2D eigenvalue weighted by Gasteiger charge is 2.22. The Hall–Kier alpha value is -2.00. The van der Waals surface area contributed by atoms with Crippen LogP contribution in [0.1, 0.15) is 29.7 Å². The van der Waals surface area contributed by atoms with Crippen molar-refractivity contribution in [3.05, 3.63) is 59.2 Å². The first kappa shape index (κ1) is 14.0. The van der Waals surface area contributed by atoms with Gasteiger partial charge in [-0.15, -0.1) is 0 Å². The molecule has 1 N–H and O–H groups in total. The van der Waals surface area contributed by atoms with E-state index in [0.717, 1.165) is 36.5 Å². The minimum Gasteiger partial charge on any atom is -0.496 e. The molecule has 21 heavy (non-hydrogen) atoms. The van der Waals surface area contributed by atoms with E-state index in [1.54, 1.807) is 14.0 Å². The molecule has 1 atom stereocenters. The third kappa shape index (κ3) is 2.61. The van der Waals surface area contributed by atoms with Gasteiger partial charge in [-0.25, -0.2) is 0 Å². The van der Waals surface area contributed by atoms with Crippen molar-refractivity contribution < 1.29 is 9.84 Å². The molecular formula is C18H21NO2. The summed E-state index contributed by atoms with van der Waals surface area (Å²) in [4.78, 5) is 2.33. The van der Waals surface area contributed by atoms with Gasteiger partial charge in [-0.05, 0) is 36.6 Å². The molecule has 1 aliphatic rings. The zero-order valence-corrected chi connectivity index (χ0v) is 12.5. The Balaban J connectivity index is 1.99. The maximum Gasteiger partial charge on any atom is 0.126 e. The van der Waals surface area contributed by atoms with Crippen molar-refractivity contribution in [2.75, 3.05) is 18.6 Å². The van der Waals surface area contributed by atoms with Crippen molar-refractivity contribution in [2.24, 2.45) is 0 Å². The van der Waals surface area contributed by atoms with Crippen LogP contribution in [0, 0.1) is 0 Å². The molecule has 0 aliphatic carbocycles. The van der Waals surface area contributed by atoms with E-state index in [4.69, 9.17) is 4.74 Å². The summed E-state index contributed by atoms with van der Waals surface area (Å²) in [6.45, 7) is 3.63. The van der Waals surface area contributed by atoms with Gasteiger partial charge in [0.25, 0.3) is 0 Å². The van der Waals surface area contributed by atoms with Crippen LogP contribution >= 0.6 is 0 Å². The standard InChI is InChI=1S/C18H21NO2/c1-13(20)18-16(8-5-9-17(18)21-2)19-11-10-14-6-3-4-7-15(14)12-19/h3-9,13,20H,10-12H2,1-2H3/t13-/m0/s1. The Morgan fingerprint density at radius 3 is 2.57 bits per heavy atom. The molecule has 2 aromatic rings. The average molecular weight is 283 g/mol. The van der Waals surface area contributed by atoms with E-state index in [1.165, 1.54) is 11.1 Å². The van der Waals surface area contributed by atoms with E-state index in [9.17, 15) is 5.11 Å². The van der Waals surface area contributed by atoms with Gasteiger partial charge in [0.1, 0.15) is 5.75 Å². The quantitative estimate of drug-likeness (QED) is 0.938. The Kier molecular flexibility index (Phi) is 3.84. The summed E-state index contributed by atoms with van der Waals surface area (Å²) in [6.07, 6.45) is 0.487. The van der Waals surface area contributed by atoms with Gasteiger partial charge < -0.3 is 14.7 Å². The first-order valence-corrected chi connectivity index (χ1v) is 7.37. The van der Waals surface area contributed by atoms with Crippen LogP contribution in [0.5, 0.6) is 5.75 Å². The predicted molar refractivity (Wildman–Crippen MR) is 84.8 cm³/mol. The molecule has 0 radical (unpaired) electrons. The van der Waals surface area contributed by atoms with Crippen LogP contribution in [0.4, 0.5) is 5.69 Å². The number of fused-ring (bicyclic) bond motifs is 1. The van der Waals surface area contributed by atoms with Crippen molar-refractivity contribution in [2.45, 2.75) is 26.0 Å². The van der Waals surface area contributed by atoms with Gasteiger partial charge in [0.2, 0.25) is 0 Å². The first-order chi connectivity index (χ1) is 10.2. The number of hydrogen-bond acceptors (Lipinski definition) is 3. The van der Waals surface area contributed by atoms with E-state index < -0.39 is 6.10 Å². The van der Waals surface area contributed by atoms with Crippen molar-refractivity contribution in [3.63, 3.8) is 0 Å². The Bertz CT molecular complexity index is 637. The van der Waals surface area contributed by atoms with Gasteiger partial charge in [0.15, 0.2) is 0 Å². The van der Waals surface area contributed by atoms with Crippen molar-refractivity contribution in [1.82, 2.24) is 0 Å². The molecule has 0 fully saturated rings. The normalized spacial score (nSPS) is 15.5. The lowest BCUT2D eigenvalue weighted by atomic mass is 9.97. The SMILES string of the molecule is COc1cccc(N2CCc3ccccc3C2)c1[C@H](C)O. The smallest absolute Gasteiger partial charge is 0.126 e. The maximum atomic E-state index is 10.1. The lowest BCUT2D eigenvalue weighted by molar-refractivity contribution is 0.194. The highest BCUT2D eigenvalue weighted by atomic mass is 16.5. The molecule has 3 heteroatoms. The van der Waals surface area contributed by atoms with E-state index in [-0.39, 0.29) is 0 Å². The molecule has 110 valence electrons. The molecule has 1 heterocycles. The molecule has 0 amide bonds. The number of rotatable bonds is 3. The molecule has 0 aromatic heterocycles. The zero-order valence-electron chi connectivity index (χ0n) is 12.5. The fourth-order valence-corrected chi connectivity index (χ4v) is 3.11. The van der Waals surface area contributed by atoms with Gasteiger partial charge in [-0.1, -0.05) is 30.3 Å². The van der Waals surface area contributed by atoms with Gasteiger partial charge in [-0.3, -0.25) is 0 Å². The largest absolute Gasteiger partial charge is 0.496 e. The van der Waals surface area contributed by atoms with Crippen molar-refractivity contribution in [1.29, 1.82) is 0 Å². The second-order valence-electron chi connectivity index (χ2n) is 5.51. The first-order valence-electron chi connectivity index (χ1n) is 7.37. The second kappa shape index (κ2) is 5.78. The molecule has 0 spiro atoms. The number of aliphatic hydroxyl groups excluding tert-OH is 1. The molecule has 0 unspecified atom stereocenters. The summed E-state index contributed by atoms with van der Waals surface area (Å²) in [6, 6.07) is 14.5. The van der Waals surface area contributed by atoms with Crippen LogP contribution in [0.2, 0.25) is 0 Å². The van der Waals surface area contributed by atoms with Crippen LogP contribution in [0.25, 0.3) is 0 Å². The Morgan fingerprint density at radius 2 is 1.86 bits per heavy atom. The maximum absolute atomic E-state index is 10.1. The summed E-state index contributed by atoms with van der Waals surface area (Å²) in [5, 5.41) is 10.1. The molecule has 0 saturated heterocycles. The number of hydrogen-bond donors (Lipinski definition) is 1. The van der Waals surface area contributed by atoms with Crippen LogP contribution in [-0.2, 0) is 13.0 Å². The average Bonchev–Trinajstić information content (AvgIpc) is 2.53.